The Labute approximate surface area is 466 Å². The van der Waals surface area contributed by atoms with Crippen molar-refractivity contribution < 1.29 is 105 Å². The molecule has 0 saturated heterocycles. The highest BCUT2D eigenvalue weighted by molar-refractivity contribution is 5.98. The largest absolute Gasteiger partial charge is 0.494 e. The first-order valence-corrected chi connectivity index (χ1v) is 25.9. The van der Waals surface area contributed by atoms with Crippen LogP contribution in [0.1, 0.15) is 102 Å². The summed E-state index contributed by atoms with van der Waals surface area (Å²) in [4.78, 5) is 124. The summed E-state index contributed by atoms with van der Waals surface area (Å²) < 4.78 is 63.9. The highest BCUT2D eigenvalue weighted by atomic mass is 16.6. The quantitative estimate of drug-likeness (QED) is 0.0141. The Bertz CT molecular complexity index is 2830. The number of benzene rings is 3. The van der Waals surface area contributed by atoms with E-state index >= 15 is 0 Å². The standard InChI is InChI=1S/C59H62O22/c1-4-52(62)74-30-7-5-6-28-73-45-21-18-43(19-22-45)57(67)81-51-26-24-46(35-48(51)58(68)76-32-31-71-38-61)78-54(64)41-13-15-42(16-14-41)55(65)79-47-23-25-50(49(36-47)59(69)77-34-33-75-53(63)39(2)3)80-56(66)40-11-10-12-44(20-17-40)72-29-9-8-27-70-37-60/h4,11-12,17-26,35-38,41-42H,1-2,5-10,13-16,27-34H2,3H3. The molecule has 5 rings (SSSR count). The van der Waals surface area contributed by atoms with Crippen molar-refractivity contribution in [1.82, 2.24) is 0 Å². The molecule has 0 spiro atoms. The molecule has 0 aliphatic heterocycles. The molecule has 0 amide bonds. The van der Waals surface area contributed by atoms with Crippen LogP contribution < -0.4 is 23.7 Å². The lowest BCUT2D eigenvalue weighted by atomic mass is 9.82. The lowest BCUT2D eigenvalue weighted by Crippen LogP contribution is -2.30. The third-order valence-electron chi connectivity index (χ3n) is 11.8. The van der Waals surface area contributed by atoms with Crippen molar-refractivity contribution in [2.45, 2.75) is 71.1 Å². The summed E-state index contributed by atoms with van der Waals surface area (Å²) in [5.41, 5.74) is -0.173. The fourth-order valence-electron chi connectivity index (χ4n) is 7.59. The topological polar surface area (TPSA) is 281 Å². The summed E-state index contributed by atoms with van der Waals surface area (Å²) in [6.45, 7) is 8.83. The van der Waals surface area contributed by atoms with Gasteiger partial charge in [-0.25, -0.2) is 28.8 Å². The van der Waals surface area contributed by atoms with Gasteiger partial charge in [-0.3, -0.25) is 19.2 Å². The second kappa shape index (κ2) is 33.8. The number of rotatable bonds is 33. The van der Waals surface area contributed by atoms with Gasteiger partial charge >= 0.3 is 47.8 Å². The molecule has 0 unspecified atom stereocenters. The summed E-state index contributed by atoms with van der Waals surface area (Å²) in [6, 6.07) is 13.6. The molecule has 0 atom stereocenters. The fourth-order valence-corrected chi connectivity index (χ4v) is 7.59. The fraction of sp³-hybridized carbons (Fsp3) is 0.356. The van der Waals surface area contributed by atoms with Gasteiger partial charge in [0.15, 0.2) is 0 Å². The van der Waals surface area contributed by atoms with Gasteiger partial charge in [-0.2, -0.15) is 0 Å². The summed E-state index contributed by atoms with van der Waals surface area (Å²) in [6.07, 6.45) is 12.0. The van der Waals surface area contributed by atoms with Crippen LogP contribution in [0.5, 0.6) is 28.7 Å². The van der Waals surface area contributed by atoms with Gasteiger partial charge in [0.25, 0.3) is 12.9 Å². The second-order valence-electron chi connectivity index (χ2n) is 17.8. The average Bonchev–Trinajstić information content (AvgIpc) is 3.85. The predicted molar refractivity (Wildman–Crippen MR) is 283 cm³/mol. The maximum atomic E-state index is 13.6. The van der Waals surface area contributed by atoms with E-state index in [-0.39, 0.29) is 123 Å². The van der Waals surface area contributed by atoms with Gasteiger partial charge in [0, 0.05) is 11.6 Å². The zero-order valence-corrected chi connectivity index (χ0v) is 44.6. The molecule has 22 nitrogen and oxygen atoms in total. The molecule has 0 bridgehead atoms. The number of esters is 8. The van der Waals surface area contributed by atoms with Gasteiger partial charge in [0.1, 0.15) is 72.1 Å². The number of unbranched alkanes of at least 4 members (excludes halogenated alkanes) is 3. The van der Waals surface area contributed by atoms with E-state index in [1.165, 1.54) is 55.5 Å². The van der Waals surface area contributed by atoms with E-state index in [0.29, 0.717) is 63.3 Å². The van der Waals surface area contributed by atoms with Gasteiger partial charge in [-0.15, -0.1) is 0 Å². The summed E-state index contributed by atoms with van der Waals surface area (Å²) in [7, 11) is 0. The highest BCUT2D eigenvalue weighted by Crippen LogP contribution is 2.34. The van der Waals surface area contributed by atoms with E-state index < -0.39 is 59.6 Å². The van der Waals surface area contributed by atoms with E-state index in [4.69, 9.17) is 47.4 Å². The molecule has 81 heavy (non-hydrogen) atoms. The van der Waals surface area contributed by atoms with Crippen LogP contribution in [0.4, 0.5) is 0 Å². The van der Waals surface area contributed by atoms with E-state index in [1.807, 2.05) is 0 Å². The monoisotopic (exact) mass is 1120 g/mol. The highest BCUT2D eigenvalue weighted by Gasteiger charge is 2.33. The molecule has 2 aliphatic carbocycles. The van der Waals surface area contributed by atoms with Crippen LogP contribution in [0.25, 0.3) is 0 Å². The van der Waals surface area contributed by atoms with Crippen LogP contribution >= 0.6 is 0 Å². The minimum atomic E-state index is -0.994. The maximum absolute atomic E-state index is 13.6. The zero-order chi connectivity index (χ0) is 58.4. The lowest BCUT2D eigenvalue weighted by molar-refractivity contribution is -0.145. The molecule has 430 valence electrons. The van der Waals surface area contributed by atoms with Crippen LogP contribution in [0, 0.1) is 11.8 Å². The Balaban J connectivity index is 1.18. The van der Waals surface area contributed by atoms with Gasteiger partial charge in [0.05, 0.1) is 49.4 Å². The lowest BCUT2D eigenvalue weighted by Gasteiger charge is -2.26. The van der Waals surface area contributed by atoms with Crippen molar-refractivity contribution >= 4 is 60.7 Å². The van der Waals surface area contributed by atoms with Gasteiger partial charge in [-0.1, -0.05) is 19.2 Å². The van der Waals surface area contributed by atoms with Crippen molar-refractivity contribution in [2.24, 2.45) is 11.8 Å². The molecule has 22 heteroatoms. The van der Waals surface area contributed by atoms with Crippen LogP contribution in [-0.4, -0.2) is 114 Å². The average molecular weight is 1120 g/mol. The Morgan fingerprint density at radius 2 is 1.04 bits per heavy atom. The normalized spacial score (nSPS) is 14.3. The van der Waals surface area contributed by atoms with E-state index in [2.05, 4.69) is 22.6 Å². The summed E-state index contributed by atoms with van der Waals surface area (Å²) in [5.74, 6) is -7.15. The molecular formula is C59H62O22. The number of carbonyl (C=O) groups excluding carboxylic acids is 10. The SMILES string of the molecule is C=CC(=O)OCCCCCOc1ccc(C(=O)Oc2ccc(OC(=O)C3CCC(C(=O)Oc4ccc(OC(=O)C5=CCC=C(OCCCCOC=O)C=C5)c(C(=O)OCCOC(=O)C(=C)C)c4)CC3)cc2C(=O)OCCOC=O)cc1. The molecule has 1 fully saturated rings. The summed E-state index contributed by atoms with van der Waals surface area (Å²) >= 11 is 0. The number of ether oxygens (including phenoxy) is 12. The van der Waals surface area contributed by atoms with E-state index in [1.54, 1.807) is 30.4 Å². The minimum absolute atomic E-state index is 0.0849. The Kier molecular flexibility index (Phi) is 26.1. The van der Waals surface area contributed by atoms with Crippen LogP contribution in [0.3, 0.4) is 0 Å². The Morgan fingerprint density at radius 1 is 0.519 bits per heavy atom. The van der Waals surface area contributed by atoms with Crippen LogP contribution in [0.2, 0.25) is 0 Å². The molecule has 0 aromatic heterocycles. The number of carbonyl (C=O) groups is 10. The van der Waals surface area contributed by atoms with Gasteiger partial charge < -0.3 is 56.8 Å². The van der Waals surface area contributed by atoms with Crippen molar-refractivity contribution in [3.63, 3.8) is 0 Å². The predicted octanol–water partition coefficient (Wildman–Crippen LogP) is 7.75. The molecule has 0 N–H and O–H groups in total. The smallest absolute Gasteiger partial charge is 0.343 e. The van der Waals surface area contributed by atoms with Crippen molar-refractivity contribution in [2.75, 3.05) is 52.9 Å². The van der Waals surface area contributed by atoms with Gasteiger partial charge in [-0.05, 0) is 150 Å². The third kappa shape index (κ3) is 21.4. The van der Waals surface area contributed by atoms with Crippen molar-refractivity contribution in [1.29, 1.82) is 0 Å². The van der Waals surface area contributed by atoms with Crippen molar-refractivity contribution in [3.05, 3.63) is 138 Å². The molecule has 0 radical (unpaired) electrons. The number of allylic oxidation sites excluding steroid dienone is 3. The second-order valence-corrected chi connectivity index (χ2v) is 17.8. The Morgan fingerprint density at radius 3 is 1.63 bits per heavy atom. The van der Waals surface area contributed by atoms with Crippen LogP contribution in [0.15, 0.2) is 121 Å². The first-order chi connectivity index (χ1) is 39.2. The molecule has 3 aromatic rings. The minimum Gasteiger partial charge on any atom is -0.494 e. The first-order valence-electron chi connectivity index (χ1n) is 25.9. The van der Waals surface area contributed by atoms with Crippen LogP contribution in [-0.2, 0) is 66.7 Å². The molecule has 2 aliphatic rings. The maximum Gasteiger partial charge on any atom is 0.343 e. The molecule has 3 aromatic carbocycles. The third-order valence-corrected chi connectivity index (χ3v) is 11.8. The number of hydrogen-bond donors (Lipinski definition) is 0. The number of hydrogen-bond acceptors (Lipinski definition) is 22. The van der Waals surface area contributed by atoms with Gasteiger partial charge in [0.2, 0.25) is 0 Å². The first kappa shape index (κ1) is 62.5. The molecule has 0 heterocycles. The Hall–Kier alpha value is -9.34. The molecular weight excluding hydrogens is 1060 g/mol. The zero-order valence-electron chi connectivity index (χ0n) is 44.6. The molecule has 1 saturated carbocycles. The van der Waals surface area contributed by atoms with E-state index in [0.717, 1.165) is 18.6 Å². The van der Waals surface area contributed by atoms with Crippen molar-refractivity contribution in [3.8, 4) is 28.7 Å². The summed E-state index contributed by atoms with van der Waals surface area (Å²) in [5, 5.41) is 0. The van der Waals surface area contributed by atoms with E-state index in [9.17, 15) is 47.9 Å².